The van der Waals surface area contributed by atoms with E-state index < -0.39 is 24.0 Å². The Morgan fingerprint density at radius 2 is 1.89 bits per heavy atom. The van der Waals surface area contributed by atoms with Crippen LogP contribution in [0.3, 0.4) is 0 Å². The van der Waals surface area contributed by atoms with Crippen LogP contribution in [0, 0.1) is 5.92 Å². The highest BCUT2D eigenvalue weighted by Crippen LogP contribution is 2.25. The minimum Gasteiger partial charge on any atom is -0.463 e. The molecule has 0 bridgehead atoms. The smallest absolute Gasteiger partial charge is 0.347 e. The summed E-state index contributed by atoms with van der Waals surface area (Å²) in [6.45, 7) is 1.20. The third kappa shape index (κ3) is 3.52. The first kappa shape index (κ1) is 17.5. The van der Waals surface area contributed by atoms with Gasteiger partial charge in [-0.25, -0.2) is 4.79 Å². The van der Waals surface area contributed by atoms with Crippen molar-refractivity contribution in [3.63, 3.8) is 0 Å². The number of carbonyl (C=O) groups excluding carboxylic acids is 3. The number of cyclic esters (lactones) is 1. The Morgan fingerprint density at radius 3 is 2.70 bits per heavy atom. The van der Waals surface area contributed by atoms with Crippen LogP contribution in [-0.4, -0.2) is 48.5 Å². The second kappa shape index (κ2) is 7.39. The summed E-state index contributed by atoms with van der Waals surface area (Å²) in [6.07, 6.45) is 0.975. The maximum atomic E-state index is 13.1. The van der Waals surface area contributed by atoms with Gasteiger partial charge in [-0.1, -0.05) is 36.4 Å². The molecule has 2 fully saturated rings. The number of nitrogens with zero attached hydrogens (tertiary/aromatic N) is 1. The predicted molar refractivity (Wildman–Crippen MR) is 98.0 cm³/mol. The molecule has 140 valence electrons. The first-order valence-corrected chi connectivity index (χ1v) is 9.27. The number of fused-ring (bicyclic) bond motifs is 1. The fourth-order valence-electron chi connectivity index (χ4n) is 3.76. The largest absolute Gasteiger partial charge is 0.463 e. The summed E-state index contributed by atoms with van der Waals surface area (Å²) >= 11 is 0. The van der Waals surface area contributed by atoms with Gasteiger partial charge in [-0.15, -0.1) is 0 Å². The van der Waals surface area contributed by atoms with E-state index in [1.807, 2.05) is 42.5 Å². The molecule has 4 rings (SSSR count). The molecule has 0 radical (unpaired) electrons. The number of amides is 1. The van der Waals surface area contributed by atoms with Crippen molar-refractivity contribution >= 4 is 28.6 Å². The molecule has 2 atom stereocenters. The van der Waals surface area contributed by atoms with Crippen LogP contribution in [0.4, 0.5) is 0 Å². The number of carbonyl (C=O) groups is 3. The number of piperidine rings is 1. The molecule has 0 spiro atoms. The topological polar surface area (TPSA) is 72.9 Å². The number of benzene rings is 2. The van der Waals surface area contributed by atoms with Crippen LogP contribution < -0.4 is 0 Å². The first-order chi connectivity index (χ1) is 13.1. The van der Waals surface area contributed by atoms with E-state index in [0.29, 0.717) is 31.5 Å². The average Bonchev–Trinajstić information content (AvgIpc) is 3.11. The van der Waals surface area contributed by atoms with E-state index in [4.69, 9.17) is 9.47 Å². The van der Waals surface area contributed by atoms with Crippen molar-refractivity contribution in [2.24, 2.45) is 5.92 Å². The van der Waals surface area contributed by atoms with Crippen LogP contribution in [0.15, 0.2) is 42.5 Å². The van der Waals surface area contributed by atoms with E-state index in [2.05, 4.69) is 0 Å². The molecule has 6 nitrogen and oxygen atoms in total. The van der Waals surface area contributed by atoms with Gasteiger partial charge in [0.15, 0.2) is 0 Å². The van der Waals surface area contributed by atoms with Crippen LogP contribution in [0.1, 0.15) is 29.6 Å². The molecule has 0 unspecified atom stereocenters. The molecule has 1 amide bonds. The molecule has 2 aromatic carbocycles. The van der Waals surface area contributed by atoms with Gasteiger partial charge in [-0.2, -0.15) is 0 Å². The van der Waals surface area contributed by atoms with Crippen molar-refractivity contribution in [1.29, 1.82) is 0 Å². The number of rotatable bonds is 3. The fraction of sp³-hybridized carbons (Fsp3) is 0.381. The number of likely N-dealkylation sites (tertiary alicyclic amines) is 1. The van der Waals surface area contributed by atoms with Gasteiger partial charge in [0.05, 0.1) is 12.5 Å². The standard InChI is InChI=1S/C21H21NO5/c23-19(17-9-3-6-14-5-1-2-8-16(14)17)22-11-4-7-15(13-22)20(24)27-18-10-12-26-21(18)25/h1-3,5-6,8-9,15,18H,4,7,10-13H2/t15-,18+/m1/s1. The zero-order valence-corrected chi connectivity index (χ0v) is 14.9. The van der Waals surface area contributed by atoms with Crippen molar-refractivity contribution in [3.8, 4) is 0 Å². The Morgan fingerprint density at radius 1 is 1.07 bits per heavy atom. The average molecular weight is 367 g/mol. The van der Waals surface area contributed by atoms with E-state index in [-0.39, 0.29) is 12.5 Å². The summed E-state index contributed by atoms with van der Waals surface area (Å²) in [7, 11) is 0. The fourth-order valence-corrected chi connectivity index (χ4v) is 3.76. The van der Waals surface area contributed by atoms with Crippen molar-refractivity contribution in [1.82, 2.24) is 4.90 Å². The van der Waals surface area contributed by atoms with Crippen molar-refractivity contribution in [2.45, 2.75) is 25.4 Å². The van der Waals surface area contributed by atoms with E-state index in [1.54, 1.807) is 4.90 Å². The van der Waals surface area contributed by atoms with Gasteiger partial charge >= 0.3 is 11.9 Å². The third-order valence-corrected chi connectivity index (χ3v) is 5.21. The summed E-state index contributed by atoms with van der Waals surface area (Å²) in [6, 6.07) is 13.4. The van der Waals surface area contributed by atoms with E-state index in [1.165, 1.54) is 0 Å². The normalized spacial score (nSPS) is 22.5. The molecular formula is C21H21NO5. The molecule has 6 heteroatoms. The third-order valence-electron chi connectivity index (χ3n) is 5.21. The lowest BCUT2D eigenvalue weighted by Crippen LogP contribution is -2.43. The van der Waals surface area contributed by atoms with Gasteiger partial charge in [0, 0.05) is 25.1 Å². The van der Waals surface area contributed by atoms with Crippen molar-refractivity contribution in [3.05, 3.63) is 48.0 Å². The highest BCUT2D eigenvalue weighted by molar-refractivity contribution is 6.07. The molecule has 0 aromatic heterocycles. The SMILES string of the molecule is O=C(O[C@H]1CCOC1=O)[C@@H]1CCCN(C(=O)c2cccc3ccccc23)C1. The van der Waals surface area contributed by atoms with Gasteiger partial charge in [-0.3, -0.25) is 9.59 Å². The lowest BCUT2D eigenvalue weighted by atomic mass is 9.96. The molecule has 2 saturated heterocycles. The van der Waals surface area contributed by atoms with Gasteiger partial charge in [0.25, 0.3) is 5.91 Å². The van der Waals surface area contributed by atoms with Gasteiger partial charge in [0.1, 0.15) is 0 Å². The van der Waals surface area contributed by atoms with Crippen LogP contribution in [0.2, 0.25) is 0 Å². The molecule has 2 heterocycles. The minimum atomic E-state index is -0.804. The van der Waals surface area contributed by atoms with E-state index >= 15 is 0 Å². The van der Waals surface area contributed by atoms with Crippen LogP contribution in [0.25, 0.3) is 10.8 Å². The Bertz CT molecular complexity index is 888. The minimum absolute atomic E-state index is 0.0791. The van der Waals surface area contributed by atoms with E-state index in [0.717, 1.165) is 17.2 Å². The monoisotopic (exact) mass is 367 g/mol. The molecule has 27 heavy (non-hydrogen) atoms. The van der Waals surface area contributed by atoms with Crippen LogP contribution in [-0.2, 0) is 19.1 Å². The molecule has 0 saturated carbocycles. The summed E-state index contributed by atoms with van der Waals surface area (Å²) in [4.78, 5) is 38.7. The molecule has 2 aliphatic rings. The second-order valence-electron chi connectivity index (χ2n) is 7.00. The van der Waals surface area contributed by atoms with Crippen LogP contribution in [0.5, 0.6) is 0 Å². The van der Waals surface area contributed by atoms with Gasteiger partial charge in [0.2, 0.25) is 6.10 Å². The van der Waals surface area contributed by atoms with Crippen molar-refractivity contribution < 1.29 is 23.9 Å². The van der Waals surface area contributed by atoms with Gasteiger partial charge in [-0.05, 0) is 29.7 Å². The number of hydrogen-bond donors (Lipinski definition) is 0. The zero-order chi connectivity index (χ0) is 18.8. The van der Waals surface area contributed by atoms with Crippen LogP contribution >= 0.6 is 0 Å². The zero-order valence-electron chi connectivity index (χ0n) is 14.9. The van der Waals surface area contributed by atoms with E-state index in [9.17, 15) is 14.4 Å². The summed E-state index contributed by atoms with van der Waals surface area (Å²) in [5, 5.41) is 1.92. The quantitative estimate of drug-likeness (QED) is 0.780. The molecular weight excluding hydrogens is 346 g/mol. The molecule has 0 N–H and O–H groups in total. The number of hydrogen-bond acceptors (Lipinski definition) is 5. The summed E-state index contributed by atoms with van der Waals surface area (Å²) in [5.41, 5.74) is 0.640. The van der Waals surface area contributed by atoms with Gasteiger partial charge < -0.3 is 14.4 Å². The lowest BCUT2D eigenvalue weighted by molar-refractivity contribution is -0.164. The molecule has 0 aliphatic carbocycles. The molecule has 2 aromatic rings. The highest BCUT2D eigenvalue weighted by Gasteiger charge is 2.35. The first-order valence-electron chi connectivity index (χ1n) is 9.27. The Hall–Kier alpha value is -2.89. The maximum absolute atomic E-state index is 13.1. The summed E-state index contributed by atoms with van der Waals surface area (Å²) < 4.78 is 10.1. The Kier molecular flexibility index (Phi) is 4.79. The lowest BCUT2D eigenvalue weighted by Gasteiger charge is -2.32. The molecule has 2 aliphatic heterocycles. The number of esters is 2. The maximum Gasteiger partial charge on any atom is 0.347 e. The number of ether oxygens (including phenoxy) is 2. The Labute approximate surface area is 157 Å². The summed E-state index contributed by atoms with van der Waals surface area (Å²) in [5.74, 6) is -1.40. The van der Waals surface area contributed by atoms with Crippen molar-refractivity contribution in [2.75, 3.05) is 19.7 Å². The highest BCUT2D eigenvalue weighted by atomic mass is 16.6. The second-order valence-corrected chi connectivity index (χ2v) is 7.00. The Balaban J connectivity index is 1.48. The predicted octanol–water partition coefficient (Wildman–Crippen LogP) is 2.55.